The molecule has 1 aromatic rings. The van der Waals surface area contributed by atoms with E-state index in [1.54, 1.807) is 0 Å². The van der Waals surface area contributed by atoms with Crippen molar-refractivity contribution in [2.75, 3.05) is 6.54 Å². The number of rotatable bonds is 8. The third-order valence-corrected chi connectivity index (χ3v) is 2.98. The van der Waals surface area contributed by atoms with Gasteiger partial charge in [-0.1, -0.05) is 12.8 Å². The molecule has 1 amide bonds. The van der Waals surface area contributed by atoms with Crippen LogP contribution in [0.1, 0.15) is 56.9 Å². The van der Waals surface area contributed by atoms with Gasteiger partial charge in [0, 0.05) is 19.3 Å². The van der Waals surface area contributed by atoms with Crippen LogP contribution in [0.25, 0.3) is 0 Å². The summed E-state index contributed by atoms with van der Waals surface area (Å²) in [7, 11) is 0. The predicted octanol–water partition coefficient (Wildman–Crippen LogP) is 3.39. The molecule has 0 saturated heterocycles. The van der Waals surface area contributed by atoms with Gasteiger partial charge in [-0.25, -0.2) is 4.79 Å². The molecule has 0 spiro atoms. The van der Waals surface area contributed by atoms with Crippen LogP contribution in [-0.4, -0.2) is 29.1 Å². The van der Waals surface area contributed by atoms with Crippen molar-refractivity contribution in [3.05, 3.63) is 24.0 Å². The number of carbonyl (C=O) groups is 2. The fraction of sp³-hybridized carbons (Fsp3) is 0.625. The van der Waals surface area contributed by atoms with Crippen molar-refractivity contribution in [2.45, 2.75) is 58.6 Å². The third-order valence-electron chi connectivity index (χ3n) is 2.98. The molecule has 0 atom stereocenters. The van der Waals surface area contributed by atoms with E-state index in [0.29, 0.717) is 6.54 Å². The Kier molecular flexibility index (Phi) is 6.99. The summed E-state index contributed by atoms with van der Waals surface area (Å²) in [5.74, 6) is 0. The lowest BCUT2D eigenvalue weighted by Crippen LogP contribution is -2.32. The van der Waals surface area contributed by atoms with E-state index in [2.05, 4.69) is 5.32 Å². The molecular formula is C16H26N2O3. The number of aromatic nitrogens is 1. The molecule has 0 aliphatic rings. The lowest BCUT2D eigenvalue weighted by Gasteiger charge is -2.19. The van der Waals surface area contributed by atoms with Gasteiger partial charge in [-0.3, -0.25) is 4.79 Å². The molecule has 0 aromatic carbocycles. The van der Waals surface area contributed by atoms with E-state index in [4.69, 9.17) is 4.74 Å². The Labute approximate surface area is 126 Å². The van der Waals surface area contributed by atoms with E-state index >= 15 is 0 Å². The Morgan fingerprint density at radius 1 is 1.29 bits per heavy atom. The second-order valence-electron chi connectivity index (χ2n) is 6.09. The highest BCUT2D eigenvalue weighted by atomic mass is 16.6. The van der Waals surface area contributed by atoms with Gasteiger partial charge in [-0.15, -0.1) is 0 Å². The van der Waals surface area contributed by atoms with Crippen LogP contribution in [0.2, 0.25) is 0 Å². The summed E-state index contributed by atoms with van der Waals surface area (Å²) in [5, 5.41) is 2.75. The summed E-state index contributed by atoms with van der Waals surface area (Å²) in [5.41, 5.74) is 0.276. The van der Waals surface area contributed by atoms with Gasteiger partial charge in [-0.2, -0.15) is 0 Å². The Balaban J connectivity index is 2.03. The molecule has 1 rings (SSSR count). The van der Waals surface area contributed by atoms with Gasteiger partial charge in [0.1, 0.15) is 5.60 Å². The zero-order chi connectivity index (χ0) is 15.7. The SMILES string of the molecule is CC(C)(C)OC(=O)NCCCCCCn1cccc1C=O. The van der Waals surface area contributed by atoms with Gasteiger partial charge in [0.15, 0.2) is 6.29 Å². The molecule has 1 heterocycles. The summed E-state index contributed by atoms with van der Waals surface area (Å²) in [6, 6.07) is 3.70. The standard InChI is InChI=1S/C16H26N2O3/c1-16(2,3)21-15(20)17-10-6-4-5-7-11-18-12-8-9-14(18)13-19/h8-9,12-13H,4-7,10-11H2,1-3H3,(H,17,20). The number of alkyl carbamates (subject to hydrolysis) is 1. The fourth-order valence-corrected chi connectivity index (χ4v) is 2.00. The van der Waals surface area contributed by atoms with Crippen molar-refractivity contribution in [1.82, 2.24) is 9.88 Å². The van der Waals surface area contributed by atoms with Gasteiger partial charge in [0.2, 0.25) is 0 Å². The summed E-state index contributed by atoms with van der Waals surface area (Å²) in [6.45, 7) is 7.04. The number of nitrogens with zero attached hydrogens (tertiary/aromatic N) is 1. The number of hydrogen-bond donors (Lipinski definition) is 1. The van der Waals surface area contributed by atoms with Crippen LogP contribution in [0.3, 0.4) is 0 Å². The van der Waals surface area contributed by atoms with Crippen molar-refractivity contribution >= 4 is 12.4 Å². The molecule has 5 heteroatoms. The summed E-state index contributed by atoms with van der Waals surface area (Å²) >= 11 is 0. The average Bonchev–Trinajstić information content (AvgIpc) is 2.83. The zero-order valence-electron chi connectivity index (χ0n) is 13.2. The van der Waals surface area contributed by atoms with Gasteiger partial charge in [0.25, 0.3) is 0 Å². The number of aldehydes is 1. The molecule has 1 aromatic heterocycles. The number of ether oxygens (including phenoxy) is 1. The maximum atomic E-state index is 11.4. The lowest BCUT2D eigenvalue weighted by atomic mass is 10.2. The van der Waals surface area contributed by atoms with Crippen molar-refractivity contribution in [3.63, 3.8) is 0 Å². The van der Waals surface area contributed by atoms with Crippen LogP contribution in [0, 0.1) is 0 Å². The minimum absolute atomic E-state index is 0.356. The van der Waals surface area contributed by atoms with Crippen molar-refractivity contribution in [3.8, 4) is 0 Å². The highest BCUT2D eigenvalue weighted by Gasteiger charge is 2.15. The van der Waals surface area contributed by atoms with Crippen LogP contribution in [0.5, 0.6) is 0 Å². The first-order valence-electron chi connectivity index (χ1n) is 7.49. The first-order valence-corrected chi connectivity index (χ1v) is 7.49. The number of amides is 1. The van der Waals surface area contributed by atoms with E-state index in [1.807, 2.05) is 43.7 Å². The average molecular weight is 294 g/mol. The largest absolute Gasteiger partial charge is 0.444 e. The summed E-state index contributed by atoms with van der Waals surface area (Å²) < 4.78 is 7.12. The summed E-state index contributed by atoms with van der Waals surface area (Å²) in [4.78, 5) is 22.2. The van der Waals surface area contributed by atoms with E-state index in [0.717, 1.165) is 44.2 Å². The third kappa shape index (κ3) is 7.54. The quantitative estimate of drug-likeness (QED) is 0.590. The normalized spacial score (nSPS) is 11.2. The van der Waals surface area contributed by atoms with E-state index in [9.17, 15) is 9.59 Å². The highest BCUT2D eigenvalue weighted by Crippen LogP contribution is 2.07. The van der Waals surface area contributed by atoms with Gasteiger partial charge >= 0.3 is 6.09 Å². The molecule has 118 valence electrons. The smallest absolute Gasteiger partial charge is 0.407 e. The van der Waals surface area contributed by atoms with Crippen LogP contribution in [-0.2, 0) is 11.3 Å². The molecule has 0 fully saturated rings. The predicted molar refractivity (Wildman–Crippen MR) is 82.5 cm³/mol. The second kappa shape index (κ2) is 8.49. The fourth-order valence-electron chi connectivity index (χ4n) is 2.00. The van der Waals surface area contributed by atoms with Gasteiger partial charge < -0.3 is 14.6 Å². The monoisotopic (exact) mass is 294 g/mol. The molecule has 21 heavy (non-hydrogen) atoms. The Hall–Kier alpha value is -1.78. The lowest BCUT2D eigenvalue weighted by molar-refractivity contribution is 0.0527. The first kappa shape index (κ1) is 17.3. The van der Waals surface area contributed by atoms with Crippen LogP contribution >= 0.6 is 0 Å². The van der Waals surface area contributed by atoms with E-state index in [-0.39, 0.29) is 6.09 Å². The molecule has 0 aliphatic carbocycles. The Morgan fingerprint density at radius 2 is 2.00 bits per heavy atom. The maximum Gasteiger partial charge on any atom is 0.407 e. The van der Waals surface area contributed by atoms with Gasteiger partial charge in [-0.05, 0) is 45.7 Å². The van der Waals surface area contributed by atoms with Crippen LogP contribution in [0.4, 0.5) is 4.79 Å². The van der Waals surface area contributed by atoms with E-state index < -0.39 is 5.60 Å². The summed E-state index contributed by atoms with van der Waals surface area (Å²) in [6.07, 6.45) is 6.54. The number of aryl methyl sites for hydroxylation is 1. The minimum Gasteiger partial charge on any atom is -0.444 e. The minimum atomic E-state index is -0.447. The molecule has 1 N–H and O–H groups in total. The molecule has 5 nitrogen and oxygen atoms in total. The molecule has 0 radical (unpaired) electrons. The van der Waals surface area contributed by atoms with Crippen LogP contribution in [0.15, 0.2) is 18.3 Å². The zero-order valence-corrected chi connectivity index (χ0v) is 13.2. The Bertz CT molecular complexity index is 447. The Morgan fingerprint density at radius 3 is 2.67 bits per heavy atom. The number of nitrogens with one attached hydrogen (secondary N) is 1. The van der Waals surface area contributed by atoms with Crippen molar-refractivity contribution in [1.29, 1.82) is 0 Å². The van der Waals surface area contributed by atoms with Gasteiger partial charge in [0.05, 0.1) is 5.69 Å². The first-order chi connectivity index (χ1) is 9.92. The molecule has 0 unspecified atom stereocenters. The molecule has 0 saturated carbocycles. The molecule has 0 bridgehead atoms. The number of carbonyl (C=O) groups excluding carboxylic acids is 2. The highest BCUT2D eigenvalue weighted by molar-refractivity contribution is 5.72. The number of unbranched alkanes of at least 4 members (excludes halogenated alkanes) is 3. The van der Waals surface area contributed by atoms with Crippen molar-refractivity contribution < 1.29 is 14.3 Å². The van der Waals surface area contributed by atoms with Crippen LogP contribution < -0.4 is 5.32 Å². The molecule has 0 aliphatic heterocycles. The number of hydrogen-bond acceptors (Lipinski definition) is 3. The van der Waals surface area contributed by atoms with Crippen molar-refractivity contribution in [2.24, 2.45) is 0 Å². The maximum absolute atomic E-state index is 11.4. The topological polar surface area (TPSA) is 60.3 Å². The second-order valence-corrected chi connectivity index (χ2v) is 6.09. The molecular weight excluding hydrogens is 268 g/mol. The van der Waals surface area contributed by atoms with E-state index in [1.165, 1.54) is 0 Å².